The molecule has 82 valence electrons. The first-order chi connectivity index (χ1) is 6.95. The Kier molecular flexibility index (Phi) is 4.26. The van der Waals surface area contributed by atoms with Crippen molar-refractivity contribution < 1.29 is 4.74 Å². The van der Waals surface area contributed by atoms with E-state index in [2.05, 4.69) is 5.32 Å². The van der Waals surface area contributed by atoms with Crippen LogP contribution in [0.4, 0.5) is 0 Å². The number of rotatable bonds is 2. The average molecular weight is 197 g/mol. The first kappa shape index (κ1) is 10.4. The van der Waals surface area contributed by atoms with E-state index in [1.807, 2.05) is 0 Å². The molecular weight excluding hydrogens is 174 g/mol. The van der Waals surface area contributed by atoms with Crippen molar-refractivity contribution in [1.29, 1.82) is 0 Å². The minimum atomic E-state index is 0.965. The second kappa shape index (κ2) is 5.72. The summed E-state index contributed by atoms with van der Waals surface area (Å²) in [6.07, 6.45) is 8.31. The smallest absolute Gasteiger partial charge is 0.0468 e. The molecule has 0 bridgehead atoms. The molecule has 0 aliphatic carbocycles. The van der Waals surface area contributed by atoms with E-state index in [9.17, 15) is 0 Å². The zero-order valence-corrected chi connectivity index (χ0v) is 9.13. The van der Waals surface area contributed by atoms with Crippen LogP contribution in [0.15, 0.2) is 0 Å². The molecule has 0 amide bonds. The Morgan fingerprint density at radius 3 is 2.57 bits per heavy atom. The fourth-order valence-electron chi connectivity index (χ4n) is 2.78. The molecule has 0 aromatic carbocycles. The summed E-state index contributed by atoms with van der Waals surface area (Å²) in [7, 11) is 0. The van der Waals surface area contributed by atoms with Gasteiger partial charge in [0, 0.05) is 13.2 Å². The van der Waals surface area contributed by atoms with Crippen molar-refractivity contribution in [3.8, 4) is 0 Å². The molecule has 1 unspecified atom stereocenters. The summed E-state index contributed by atoms with van der Waals surface area (Å²) in [6, 6.07) is 0. The van der Waals surface area contributed by atoms with Gasteiger partial charge in [-0.2, -0.15) is 0 Å². The maximum absolute atomic E-state index is 5.40. The van der Waals surface area contributed by atoms with Crippen LogP contribution in [0.1, 0.15) is 38.5 Å². The topological polar surface area (TPSA) is 21.3 Å². The maximum atomic E-state index is 5.40. The highest BCUT2D eigenvalue weighted by atomic mass is 16.5. The Morgan fingerprint density at radius 1 is 0.929 bits per heavy atom. The summed E-state index contributed by atoms with van der Waals surface area (Å²) in [6.45, 7) is 4.50. The van der Waals surface area contributed by atoms with Gasteiger partial charge in [-0.05, 0) is 63.5 Å². The Hall–Kier alpha value is -0.0800. The first-order valence-electron chi connectivity index (χ1n) is 6.23. The normalized spacial score (nSPS) is 31.3. The van der Waals surface area contributed by atoms with Gasteiger partial charge in [0.05, 0.1) is 0 Å². The Labute approximate surface area is 87.4 Å². The molecule has 2 aliphatic heterocycles. The Balaban J connectivity index is 1.71. The summed E-state index contributed by atoms with van der Waals surface area (Å²) in [5, 5.41) is 3.49. The van der Waals surface area contributed by atoms with Crippen molar-refractivity contribution in [3.63, 3.8) is 0 Å². The fourth-order valence-corrected chi connectivity index (χ4v) is 2.78. The van der Waals surface area contributed by atoms with E-state index in [-0.39, 0.29) is 0 Å². The van der Waals surface area contributed by atoms with Crippen LogP contribution < -0.4 is 5.32 Å². The zero-order valence-electron chi connectivity index (χ0n) is 9.13. The van der Waals surface area contributed by atoms with Gasteiger partial charge in [0.1, 0.15) is 0 Å². The summed E-state index contributed by atoms with van der Waals surface area (Å²) >= 11 is 0. The lowest BCUT2D eigenvalue weighted by molar-refractivity contribution is 0.0578. The number of ether oxygens (including phenoxy) is 1. The summed E-state index contributed by atoms with van der Waals surface area (Å²) < 4.78 is 5.40. The monoisotopic (exact) mass is 197 g/mol. The van der Waals surface area contributed by atoms with Crippen LogP contribution in [-0.4, -0.2) is 26.3 Å². The average Bonchev–Trinajstić information content (AvgIpc) is 2.48. The van der Waals surface area contributed by atoms with Gasteiger partial charge in [-0.25, -0.2) is 0 Å². The fraction of sp³-hybridized carbons (Fsp3) is 1.00. The van der Waals surface area contributed by atoms with E-state index in [1.165, 1.54) is 51.6 Å². The van der Waals surface area contributed by atoms with E-state index in [0.29, 0.717) is 0 Å². The third-order valence-corrected chi connectivity index (χ3v) is 3.70. The molecule has 2 nitrogen and oxygen atoms in total. The molecule has 2 saturated heterocycles. The van der Waals surface area contributed by atoms with Gasteiger partial charge in [-0.1, -0.05) is 0 Å². The molecule has 2 fully saturated rings. The van der Waals surface area contributed by atoms with E-state index < -0.39 is 0 Å². The van der Waals surface area contributed by atoms with Crippen LogP contribution in [0.5, 0.6) is 0 Å². The zero-order chi connectivity index (χ0) is 9.64. The van der Waals surface area contributed by atoms with Crippen LogP contribution in [0.3, 0.4) is 0 Å². The maximum Gasteiger partial charge on any atom is 0.0468 e. The van der Waals surface area contributed by atoms with Crippen molar-refractivity contribution in [2.24, 2.45) is 11.8 Å². The van der Waals surface area contributed by atoms with E-state index >= 15 is 0 Å². The molecule has 0 saturated carbocycles. The summed E-state index contributed by atoms with van der Waals surface area (Å²) in [5.74, 6) is 1.96. The first-order valence-corrected chi connectivity index (χ1v) is 6.23. The van der Waals surface area contributed by atoms with Crippen molar-refractivity contribution in [2.75, 3.05) is 26.3 Å². The number of hydrogen-bond donors (Lipinski definition) is 1. The minimum absolute atomic E-state index is 0.965. The van der Waals surface area contributed by atoms with Gasteiger partial charge in [0.25, 0.3) is 0 Å². The summed E-state index contributed by atoms with van der Waals surface area (Å²) in [4.78, 5) is 0. The Bertz CT molecular complexity index is 146. The van der Waals surface area contributed by atoms with Crippen molar-refractivity contribution in [3.05, 3.63) is 0 Å². The third-order valence-electron chi connectivity index (χ3n) is 3.70. The van der Waals surface area contributed by atoms with Gasteiger partial charge < -0.3 is 10.1 Å². The van der Waals surface area contributed by atoms with Crippen LogP contribution in [-0.2, 0) is 4.74 Å². The van der Waals surface area contributed by atoms with Crippen molar-refractivity contribution >= 4 is 0 Å². The number of hydrogen-bond acceptors (Lipinski definition) is 2. The highest BCUT2D eigenvalue weighted by Gasteiger charge is 2.19. The molecule has 0 aromatic rings. The Morgan fingerprint density at radius 2 is 1.71 bits per heavy atom. The van der Waals surface area contributed by atoms with Crippen LogP contribution in [0.25, 0.3) is 0 Å². The van der Waals surface area contributed by atoms with Gasteiger partial charge in [-0.3, -0.25) is 0 Å². The SMILES string of the molecule is C1CNCCC(CC2CCOCC2)C1. The van der Waals surface area contributed by atoms with Crippen molar-refractivity contribution in [1.82, 2.24) is 5.32 Å². The summed E-state index contributed by atoms with van der Waals surface area (Å²) in [5.41, 5.74) is 0. The van der Waals surface area contributed by atoms with Gasteiger partial charge >= 0.3 is 0 Å². The molecule has 2 heterocycles. The minimum Gasteiger partial charge on any atom is -0.381 e. The predicted molar refractivity (Wildman–Crippen MR) is 58.4 cm³/mol. The van der Waals surface area contributed by atoms with Gasteiger partial charge in [0.15, 0.2) is 0 Å². The van der Waals surface area contributed by atoms with Gasteiger partial charge in [0.2, 0.25) is 0 Å². The van der Waals surface area contributed by atoms with E-state index in [4.69, 9.17) is 4.74 Å². The molecule has 0 aromatic heterocycles. The lowest BCUT2D eigenvalue weighted by atomic mass is 9.85. The molecule has 14 heavy (non-hydrogen) atoms. The molecule has 2 rings (SSSR count). The largest absolute Gasteiger partial charge is 0.381 e. The molecule has 1 atom stereocenters. The van der Waals surface area contributed by atoms with E-state index in [0.717, 1.165) is 25.0 Å². The van der Waals surface area contributed by atoms with Crippen LogP contribution >= 0.6 is 0 Å². The molecule has 2 heteroatoms. The second-order valence-corrected chi connectivity index (χ2v) is 4.84. The van der Waals surface area contributed by atoms with Crippen LogP contribution in [0, 0.1) is 11.8 Å². The molecule has 0 spiro atoms. The van der Waals surface area contributed by atoms with E-state index in [1.54, 1.807) is 0 Å². The predicted octanol–water partition coefficient (Wildman–Crippen LogP) is 2.19. The van der Waals surface area contributed by atoms with Crippen LogP contribution in [0.2, 0.25) is 0 Å². The third kappa shape index (κ3) is 3.25. The molecule has 0 radical (unpaired) electrons. The number of nitrogens with one attached hydrogen (secondary N) is 1. The lowest BCUT2D eigenvalue weighted by Gasteiger charge is -2.25. The molecule has 2 aliphatic rings. The molecular formula is C12H23NO. The quantitative estimate of drug-likeness (QED) is 0.732. The second-order valence-electron chi connectivity index (χ2n) is 4.84. The lowest BCUT2D eigenvalue weighted by Crippen LogP contribution is -2.19. The highest BCUT2D eigenvalue weighted by Crippen LogP contribution is 2.27. The van der Waals surface area contributed by atoms with Gasteiger partial charge in [-0.15, -0.1) is 0 Å². The highest BCUT2D eigenvalue weighted by molar-refractivity contribution is 4.72. The van der Waals surface area contributed by atoms with Crippen molar-refractivity contribution in [2.45, 2.75) is 38.5 Å². The standard InChI is InChI=1S/C12H23NO/c1-2-11(3-7-13-6-1)10-12-4-8-14-9-5-12/h11-13H,1-10H2. The molecule has 1 N–H and O–H groups in total.